The summed E-state index contributed by atoms with van der Waals surface area (Å²) in [6.07, 6.45) is 1.24. The van der Waals surface area contributed by atoms with Gasteiger partial charge >= 0.3 is 0 Å². The van der Waals surface area contributed by atoms with E-state index in [2.05, 4.69) is 25.2 Å². The van der Waals surface area contributed by atoms with E-state index in [0.717, 1.165) is 17.2 Å². The van der Waals surface area contributed by atoms with Gasteiger partial charge in [0.05, 0.1) is 0 Å². The molecule has 3 heterocycles. The third-order valence-electron chi connectivity index (χ3n) is 5.32. The van der Waals surface area contributed by atoms with Crippen molar-refractivity contribution in [3.8, 4) is 5.75 Å². The largest absolute Gasteiger partial charge is 0.481 e. The molecule has 1 saturated heterocycles. The molecule has 32 heavy (non-hydrogen) atoms. The van der Waals surface area contributed by atoms with Gasteiger partial charge in [0.25, 0.3) is 5.91 Å². The van der Waals surface area contributed by atoms with E-state index in [4.69, 9.17) is 4.74 Å². The van der Waals surface area contributed by atoms with Crippen molar-refractivity contribution < 1.29 is 9.53 Å². The van der Waals surface area contributed by atoms with Crippen LogP contribution in [0.25, 0.3) is 0 Å². The number of ether oxygens (including phenoxy) is 1. The number of hydrogen-bond acceptors (Lipinski definition) is 7. The van der Waals surface area contributed by atoms with Crippen molar-refractivity contribution in [1.82, 2.24) is 19.9 Å². The zero-order chi connectivity index (χ0) is 22.5. The lowest BCUT2D eigenvalue weighted by Crippen LogP contribution is -2.52. The van der Waals surface area contributed by atoms with Gasteiger partial charge < -0.3 is 19.9 Å². The number of rotatable bonds is 6. The van der Waals surface area contributed by atoms with Gasteiger partial charge in [0.1, 0.15) is 29.0 Å². The van der Waals surface area contributed by atoms with Gasteiger partial charge in [0.2, 0.25) is 0 Å². The Morgan fingerprint density at radius 3 is 2.47 bits per heavy atom. The maximum atomic E-state index is 12.8. The van der Waals surface area contributed by atoms with E-state index in [9.17, 15) is 4.79 Å². The first kappa shape index (κ1) is 21.5. The summed E-state index contributed by atoms with van der Waals surface area (Å²) in [5.74, 6) is 3.67. The van der Waals surface area contributed by atoms with E-state index in [1.807, 2.05) is 67.3 Å². The smallest absolute Gasteiger partial charge is 0.263 e. The molecule has 3 aromatic rings. The summed E-state index contributed by atoms with van der Waals surface area (Å²) in [6, 6.07) is 15.3. The first-order chi connectivity index (χ1) is 15.5. The number of nitrogens with one attached hydrogen (secondary N) is 1. The molecule has 1 aliphatic rings. The molecule has 8 nitrogen and oxygen atoms in total. The van der Waals surface area contributed by atoms with Crippen molar-refractivity contribution in [1.29, 1.82) is 0 Å². The summed E-state index contributed by atoms with van der Waals surface area (Å²) in [6.45, 7) is 8.33. The van der Waals surface area contributed by atoms with Crippen LogP contribution in [0.15, 0.2) is 54.7 Å². The fraction of sp³-hybridized carbons (Fsp3) is 0.333. The molecular weight excluding hydrogens is 404 g/mol. The van der Waals surface area contributed by atoms with Crippen LogP contribution in [0.3, 0.4) is 0 Å². The highest BCUT2D eigenvalue weighted by atomic mass is 16.5. The topological polar surface area (TPSA) is 83.5 Å². The van der Waals surface area contributed by atoms with Gasteiger partial charge in [-0.15, -0.1) is 0 Å². The Labute approximate surface area is 188 Å². The van der Waals surface area contributed by atoms with Crippen LogP contribution in [0, 0.1) is 13.8 Å². The molecule has 4 rings (SSSR count). The number of carbonyl (C=O) groups excluding carboxylic acids is 1. The van der Waals surface area contributed by atoms with Gasteiger partial charge in [-0.2, -0.15) is 0 Å². The van der Waals surface area contributed by atoms with E-state index in [-0.39, 0.29) is 5.91 Å². The molecule has 0 unspecified atom stereocenters. The number of nitrogens with zero attached hydrogens (tertiary/aromatic N) is 5. The summed E-state index contributed by atoms with van der Waals surface area (Å²) < 4.78 is 5.80. The standard InChI is InChI=1S/C24H28N6O2/c1-17-9-10-25-21(15-17)28-22-16-23(27-19(3)26-22)29-11-13-30(14-12-29)24(31)18(2)32-20-7-5-4-6-8-20/h4-10,15-16,18H,11-14H2,1-3H3,(H,25,26,27,28)/t18-/m0/s1. The van der Waals surface area contributed by atoms with Crippen molar-refractivity contribution in [3.63, 3.8) is 0 Å². The number of anilines is 3. The molecule has 2 aromatic heterocycles. The van der Waals surface area contributed by atoms with E-state index >= 15 is 0 Å². The Morgan fingerprint density at radius 1 is 1.00 bits per heavy atom. The zero-order valence-corrected chi connectivity index (χ0v) is 18.7. The van der Waals surface area contributed by atoms with Crippen LogP contribution in [0.5, 0.6) is 5.75 Å². The predicted octanol–water partition coefficient (Wildman–Crippen LogP) is 3.35. The lowest BCUT2D eigenvalue weighted by molar-refractivity contribution is -0.138. The van der Waals surface area contributed by atoms with Crippen molar-refractivity contribution >= 4 is 23.4 Å². The first-order valence-corrected chi connectivity index (χ1v) is 10.8. The summed E-state index contributed by atoms with van der Waals surface area (Å²) in [7, 11) is 0. The molecule has 0 aliphatic carbocycles. The summed E-state index contributed by atoms with van der Waals surface area (Å²) in [5.41, 5.74) is 1.12. The minimum atomic E-state index is -0.525. The number of aryl methyl sites for hydroxylation is 2. The fourth-order valence-electron chi connectivity index (χ4n) is 3.68. The van der Waals surface area contributed by atoms with Gasteiger partial charge in [0, 0.05) is 38.4 Å². The molecular formula is C24H28N6O2. The normalized spacial score (nSPS) is 14.7. The van der Waals surface area contributed by atoms with Crippen molar-refractivity contribution in [2.24, 2.45) is 0 Å². The number of carbonyl (C=O) groups is 1. The minimum absolute atomic E-state index is 0.000230. The molecule has 1 N–H and O–H groups in total. The molecule has 1 fully saturated rings. The van der Waals surface area contributed by atoms with Crippen LogP contribution >= 0.6 is 0 Å². The first-order valence-electron chi connectivity index (χ1n) is 10.8. The maximum absolute atomic E-state index is 12.8. The minimum Gasteiger partial charge on any atom is -0.481 e. The lowest BCUT2D eigenvalue weighted by Gasteiger charge is -2.36. The van der Waals surface area contributed by atoms with Crippen LogP contribution in [-0.2, 0) is 4.79 Å². The Morgan fingerprint density at radius 2 is 1.75 bits per heavy atom. The average Bonchev–Trinajstić information content (AvgIpc) is 2.79. The number of benzene rings is 1. The van der Waals surface area contributed by atoms with E-state index in [0.29, 0.717) is 43.6 Å². The number of piperazine rings is 1. The second kappa shape index (κ2) is 9.64. The molecule has 1 aliphatic heterocycles. The highest BCUT2D eigenvalue weighted by molar-refractivity contribution is 5.81. The highest BCUT2D eigenvalue weighted by Gasteiger charge is 2.27. The second-order valence-electron chi connectivity index (χ2n) is 7.89. The number of amides is 1. The summed E-state index contributed by atoms with van der Waals surface area (Å²) in [5, 5.41) is 3.26. The van der Waals surface area contributed by atoms with Gasteiger partial charge in [0.15, 0.2) is 6.10 Å². The predicted molar refractivity (Wildman–Crippen MR) is 124 cm³/mol. The Hall–Kier alpha value is -3.68. The number of aromatic nitrogens is 3. The molecule has 1 atom stereocenters. The van der Waals surface area contributed by atoms with E-state index in [1.165, 1.54) is 0 Å². The molecule has 0 spiro atoms. The molecule has 0 bridgehead atoms. The summed E-state index contributed by atoms with van der Waals surface area (Å²) >= 11 is 0. The molecule has 1 amide bonds. The van der Waals surface area contributed by atoms with Gasteiger partial charge in [-0.05, 0) is 50.6 Å². The molecule has 0 saturated carbocycles. The van der Waals surface area contributed by atoms with E-state index < -0.39 is 6.10 Å². The highest BCUT2D eigenvalue weighted by Crippen LogP contribution is 2.21. The average molecular weight is 433 g/mol. The van der Waals surface area contributed by atoms with Crippen molar-refractivity contribution in [2.45, 2.75) is 26.9 Å². The van der Waals surface area contributed by atoms with Gasteiger partial charge in [-0.25, -0.2) is 15.0 Å². The summed E-state index contributed by atoms with van der Waals surface area (Å²) in [4.78, 5) is 30.3. The molecule has 8 heteroatoms. The van der Waals surface area contributed by atoms with Crippen molar-refractivity contribution in [3.05, 3.63) is 66.1 Å². The van der Waals surface area contributed by atoms with Crippen LogP contribution in [0.2, 0.25) is 0 Å². The monoisotopic (exact) mass is 432 g/mol. The third-order valence-corrected chi connectivity index (χ3v) is 5.32. The fourth-order valence-corrected chi connectivity index (χ4v) is 3.68. The van der Waals surface area contributed by atoms with Gasteiger partial charge in [-0.1, -0.05) is 18.2 Å². The number of para-hydroxylation sites is 1. The van der Waals surface area contributed by atoms with Crippen molar-refractivity contribution in [2.75, 3.05) is 36.4 Å². The number of pyridine rings is 1. The van der Waals surface area contributed by atoms with Crippen LogP contribution in [-0.4, -0.2) is 58.0 Å². The molecule has 1 aromatic carbocycles. The maximum Gasteiger partial charge on any atom is 0.263 e. The third kappa shape index (κ3) is 5.32. The SMILES string of the molecule is Cc1ccnc(Nc2cc(N3CCN(C(=O)[C@H](C)Oc4ccccc4)CC3)nc(C)n2)c1. The Bertz CT molecular complexity index is 1070. The lowest BCUT2D eigenvalue weighted by atomic mass is 10.2. The second-order valence-corrected chi connectivity index (χ2v) is 7.89. The number of hydrogen-bond donors (Lipinski definition) is 1. The Balaban J connectivity index is 1.37. The molecule has 0 radical (unpaired) electrons. The van der Waals surface area contributed by atoms with Crippen LogP contribution in [0.1, 0.15) is 18.3 Å². The van der Waals surface area contributed by atoms with Gasteiger partial charge in [-0.3, -0.25) is 4.79 Å². The van der Waals surface area contributed by atoms with Crippen LogP contribution in [0.4, 0.5) is 17.5 Å². The quantitative estimate of drug-likeness (QED) is 0.639. The molecule has 166 valence electrons. The van der Waals surface area contributed by atoms with E-state index in [1.54, 1.807) is 13.1 Å². The zero-order valence-electron chi connectivity index (χ0n) is 18.7. The Kier molecular flexibility index (Phi) is 6.49. The van der Waals surface area contributed by atoms with Crippen LogP contribution < -0.4 is 15.0 Å².